The van der Waals surface area contributed by atoms with Crippen LogP contribution in [0.3, 0.4) is 0 Å². The number of hydrogen-bond donors (Lipinski definition) is 0. The average Bonchev–Trinajstić information content (AvgIpc) is 3.27. The summed E-state index contributed by atoms with van der Waals surface area (Å²) in [5, 5.41) is 0.925. The van der Waals surface area contributed by atoms with Gasteiger partial charge in [-0.2, -0.15) is 9.37 Å². The molecule has 0 radical (unpaired) electrons. The number of ether oxygens (including phenoxy) is 3. The zero-order valence-corrected chi connectivity index (χ0v) is 22.9. The number of fused-ring (bicyclic) bond motifs is 1. The molecule has 2 fully saturated rings. The Morgan fingerprint density at radius 1 is 1.11 bits per heavy atom. The summed E-state index contributed by atoms with van der Waals surface area (Å²) in [6, 6.07) is 5.96. The Bertz CT molecular complexity index is 1190. The smallest absolute Gasteiger partial charge is 0.231 e. The van der Waals surface area contributed by atoms with E-state index in [0.717, 1.165) is 67.1 Å². The molecule has 4 heterocycles. The Kier molecular flexibility index (Phi) is 8.16. The summed E-state index contributed by atoms with van der Waals surface area (Å²) in [4.78, 5) is 15.9. The maximum absolute atomic E-state index is 14.1. The van der Waals surface area contributed by atoms with Gasteiger partial charge in [0, 0.05) is 37.0 Å². The molecule has 3 aromatic heterocycles. The van der Waals surface area contributed by atoms with E-state index in [1.807, 2.05) is 22.8 Å². The van der Waals surface area contributed by atoms with Gasteiger partial charge in [0.2, 0.25) is 11.8 Å². The predicted molar refractivity (Wildman–Crippen MR) is 147 cm³/mol. The fraction of sp³-hybridized carbons (Fsp3) is 0.593. The predicted octanol–water partition coefficient (Wildman–Crippen LogP) is 4.58. The number of pyridine rings is 2. The molecule has 0 aromatic carbocycles. The zero-order valence-electron chi connectivity index (χ0n) is 22.1. The summed E-state index contributed by atoms with van der Waals surface area (Å²) < 4.78 is 33.8. The van der Waals surface area contributed by atoms with Gasteiger partial charge in [0.1, 0.15) is 24.5 Å². The number of imidazole rings is 1. The molecule has 1 aliphatic carbocycles. The highest BCUT2D eigenvalue weighted by Crippen LogP contribution is 2.36. The lowest BCUT2D eigenvalue weighted by Gasteiger charge is -2.30. The lowest BCUT2D eigenvalue weighted by Crippen LogP contribution is -2.36. The number of rotatable bonds is 9. The number of aromatic nitrogens is 4. The van der Waals surface area contributed by atoms with Gasteiger partial charge in [0.25, 0.3) is 0 Å². The van der Waals surface area contributed by atoms with Crippen molar-refractivity contribution in [3.63, 3.8) is 0 Å². The second-order valence-electron chi connectivity index (χ2n) is 10.8. The normalized spacial score (nSPS) is 21.4. The Hall–Kier alpha value is -2.43. The molecule has 1 saturated carbocycles. The van der Waals surface area contributed by atoms with Crippen LogP contribution in [0, 0.1) is 5.95 Å². The van der Waals surface area contributed by atoms with Gasteiger partial charge in [-0.05, 0) is 56.6 Å². The number of anilines is 1. The molecule has 0 bridgehead atoms. The number of halogens is 1. The summed E-state index contributed by atoms with van der Waals surface area (Å²) >= 11 is 0. The third kappa shape index (κ3) is 6.72. The SMILES string of the molecule is CS(C)(C)CCOCn1cc(F)nc1[C@H]1CC[C@@H](Oc2nc(N3CCOCC3)cc3ncccc23)CC1. The summed E-state index contributed by atoms with van der Waals surface area (Å²) in [5.41, 5.74) is 0.883. The lowest BCUT2D eigenvalue weighted by atomic mass is 9.86. The van der Waals surface area contributed by atoms with Crippen molar-refractivity contribution in [2.45, 2.75) is 44.4 Å². The van der Waals surface area contributed by atoms with E-state index >= 15 is 0 Å². The highest BCUT2D eigenvalue weighted by atomic mass is 32.3. The molecule has 37 heavy (non-hydrogen) atoms. The quantitative estimate of drug-likeness (QED) is 0.374. The molecule has 1 saturated heterocycles. The van der Waals surface area contributed by atoms with Crippen molar-refractivity contribution in [2.75, 3.05) is 62.3 Å². The standard InChI is InChI=1S/C27H38FN5O3S/c1-37(2,3)16-15-35-19-33-18-24(28)30-26(33)20-6-8-21(9-7-20)36-27-22-5-4-10-29-23(22)17-25(31-27)32-11-13-34-14-12-32/h4-5,10,17-18,20-21H,6-9,11-16,19H2,1-3H3/t20-,21+. The molecule has 0 N–H and O–H groups in total. The fourth-order valence-electron chi connectivity index (χ4n) is 4.97. The van der Waals surface area contributed by atoms with Gasteiger partial charge in [-0.3, -0.25) is 4.98 Å². The Balaban J connectivity index is 1.23. The van der Waals surface area contributed by atoms with E-state index < -0.39 is 16.0 Å². The van der Waals surface area contributed by atoms with Crippen molar-refractivity contribution >= 4 is 26.7 Å². The van der Waals surface area contributed by atoms with Gasteiger partial charge in [0.15, 0.2) is 0 Å². The monoisotopic (exact) mass is 531 g/mol. The number of nitrogens with zero attached hydrogens (tertiary/aromatic N) is 5. The second kappa shape index (κ2) is 11.5. The van der Waals surface area contributed by atoms with Crippen molar-refractivity contribution in [1.29, 1.82) is 0 Å². The van der Waals surface area contributed by atoms with Crippen LogP contribution >= 0.6 is 10.0 Å². The van der Waals surface area contributed by atoms with Crippen LogP contribution in [0.25, 0.3) is 10.9 Å². The molecule has 0 atom stereocenters. The molecule has 10 heteroatoms. The third-order valence-corrected chi connectivity index (χ3v) is 8.44. The lowest BCUT2D eigenvalue weighted by molar-refractivity contribution is 0.0841. The molecule has 1 aliphatic heterocycles. The molecular weight excluding hydrogens is 493 g/mol. The fourth-order valence-corrected chi connectivity index (χ4v) is 5.59. The molecule has 8 nitrogen and oxygen atoms in total. The summed E-state index contributed by atoms with van der Waals surface area (Å²) in [6.45, 7) is 4.02. The number of hydrogen-bond acceptors (Lipinski definition) is 7. The average molecular weight is 532 g/mol. The van der Waals surface area contributed by atoms with Crippen molar-refractivity contribution in [3.8, 4) is 5.88 Å². The van der Waals surface area contributed by atoms with Crippen molar-refractivity contribution in [2.24, 2.45) is 0 Å². The minimum atomic E-state index is -0.614. The maximum atomic E-state index is 14.1. The molecule has 202 valence electrons. The van der Waals surface area contributed by atoms with Crippen LogP contribution in [-0.2, 0) is 16.2 Å². The summed E-state index contributed by atoms with van der Waals surface area (Å²) in [6.07, 6.45) is 13.6. The molecule has 0 spiro atoms. The third-order valence-electron chi connectivity index (χ3n) is 7.05. The van der Waals surface area contributed by atoms with Gasteiger partial charge in [-0.15, -0.1) is 0 Å². The van der Waals surface area contributed by atoms with E-state index in [1.54, 1.807) is 6.20 Å². The molecule has 0 unspecified atom stereocenters. The van der Waals surface area contributed by atoms with Gasteiger partial charge >= 0.3 is 0 Å². The zero-order chi connectivity index (χ0) is 25.8. The van der Waals surface area contributed by atoms with Crippen LogP contribution in [0.4, 0.5) is 10.2 Å². The minimum Gasteiger partial charge on any atom is -0.474 e. The largest absolute Gasteiger partial charge is 0.474 e. The van der Waals surface area contributed by atoms with Crippen LogP contribution in [0.15, 0.2) is 30.6 Å². The first kappa shape index (κ1) is 26.2. The van der Waals surface area contributed by atoms with E-state index in [9.17, 15) is 4.39 Å². The Morgan fingerprint density at radius 3 is 2.65 bits per heavy atom. The van der Waals surface area contributed by atoms with Gasteiger partial charge < -0.3 is 23.7 Å². The summed E-state index contributed by atoms with van der Waals surface area (Å²) in [7, 11) is -0.614. The van der Waals surface area contributed by atoms with Crippen LogP contribution in [0.2, 0.25) is 0 Å². The molecule has 2 aliphatic rings. The van der Waals surface area contributed by atoms with Gasteiger partial charge in [0.05, 0.1) is 36.9 Å². The highest BCUT2D eigenvalue weighted by Gasteiger charge is 2.28. The van der Waals surface area contributed by atoms with Crippen LogP contribution in [-0.4, -0.2) is 83.1 Å². The summed E-state index contributed by atoms with van der Waals surface area (Å²) in [5.74, 6) is 3.07. The van der Waals surface area contributed by atoms with Crippen molar-refractivity contribution in [1.82, 2.24) is 19.5 Å². The van der Waals surface area contributed by atoms with E-state index in [2.05, 4.69) is 33.6 Å². The van der Waals surface area contributed by atoms with E-state index in [1.165, 1.54) is 6.20 Å². The van der Waals surface area contributed by atoms with Crippen molar-refractivity contribution in [3.05, 3.63) is 42.4 Å². The Labute approximate surface area is 219 Å². The van der Waals surface area contributed by atoms with Crippen molar-refractivity contribution < 1.29 is 18.6 Å². The first-order valence-corrected chi connectivity index (χ1v) is 16.1. The topological polar surface area (TPSA) is 74.5 Å². The van der Waals surface area contributed by atoms with E-state index in [0.29, 0.717) is 32.4 Å². The Morgan fingerprint density at radius 2 is 1.89 bits per heavy atom. The minimum absolute atomic E-state index is 0.0476. The first-order valence-electron chi connectivity index (χ1n) is 13.1. The molecule has 5 rings (SSSR count). The maximum Gasteiger partial charge on any atom is 0.231 e. The highest BCUT2D eigenvalue weighted by molar-refractivity contribution is 8.32. The molecule has 0 amide bonds. The van der Waals surface area contributed by atoms with Crippen LogP contribution < -0.4 is 9.64 Å². The van der Waals surface area contributed by atoms with E-state index in [-0.39, 0.29) is 12.0 Å². The number of morpholine rings is 1. The van der Waals surface area contributed by atoms with Gasteiger partial charge in [-0.25, -0.2) is 15.0 Å². The molecule has 3 aromatic rings. The second-order valence-corrected chi connectivity index (χ2v) is 15.4. The van der Waals surface area contributed by atoms with Crippen LogP contribution in [0.5, 0.6) is 5.88 Å². The van der Waals surface area contributed by atoms with E-state index in [4.69, 9.17) is 19.2 Å². The van der Waals surface area contributed by atoms with Gasteiger partial charge in [-0.1, -0.05) is 0 Å². The molecular formula is C27H38FN5O3S. The van der Waals surface area contributed by atoms with Crippen LogP contribution in [0.1, 0.15) is 37.4 Å². The first-order chi connectivity index (χ1) is 17.9.